The molecule has 1 aliphatic rings. The third-order valence-electron chi connectivity index (χ3n) is 3.40. The van der Waals surface area contributed by atoms with Gasteiger partial charge in [-0.3, -0.25) is 4.90 Å². The predicted molar refractivity (Wildman–Crippen MR) is 72.6 cm³/mol. The molecule has 0 saturated carbocycles. The highest BCUT2D eigenvalue weighted by Crippen LogP contribution is 2.18. The molecular weight excluding hydrogens is 298 g/mol. The third kappa shape index (κ3) is 5.04. The van der Waals surface area contributed by atoms with E-state index in [0.29, 0.717) is 0 Å². The van der Waals surface area contributed by atoms with Gasteiger partial charge in [-0.25, -0.2) is 9.59 Å². The highest BCUT2D eigenvalue weighted by molar-refractivity contribution is 5.91. The molecule has 1 fully saturated rings. The van der Waals surface area contributed by atoms with Gasteiger partial charge in [-0.1, -0.05) is 0 Å². The van der Waals surface area contributed by atoms with Gasteiger partial charge in [0, 0.05) is 25.2 Å². The van der Waals surface area contributed by atoms with Gasteiger partial charge < -0.3 is 29.9 Å². The van der Waals surface area contributed by atoms with Crippen LogP contribution in [0.15, 0.2) is 12.2 Å². The second-order valence-corrected chi connectivity index (χ2v) is 4.82. The highest BCUT2D eigenvalue weighted by Gasteiger charge is 2.40. The molecule has 4 N–H and O–H groups in total. The maximum Gasteiger partial charge on any atom is 0.331 e. The number of carbonyl (C=O) groups excluding carboxylic acids is 2. The Bertz CT molecular complexity index is 413. The first kappa shape index (κ1) is 18.5. The van der Waals surface area contributed by atoms with E-state index in [2.05, 4.69) is 4.74 Å². The molecule has 9 nitrogen and oxygen atoms in total. The average molecular weight is 319 g/mol. The SMILES string of the molecule is COC(=O)/C=C/C(=O)OCCN1C[C@H](O)[C@@H](O)[C@H](O)[C@H]1CO. The summed E-state index contributed by atoms with van der Waals surface area (Å²) < 4.78 is 9.16. The Morgan fingerprint density at radius 3 is 2.41 bits per heavy atom. The molecule has 22 heavy (non-hydrogen) atoms. The molecule has 1 heterocycles. The summed E-state index contributed by atoms with van der Waals surface area (Å²) in [4.78, 5) is 23.6. The van der Waals surface area contributed by atoms with Crippen LogP contribution >= 0.6 is 0 Å². The van der Waals surface area contributed by atoms with Crippen LogP contribution in [-0.4, -0.2) is 95.0 Å². The van der Waals surface area contributed by atoms with Crippen LogP contribution in [0.3, 0.4) is 0 Å². The number of likely N-dealkylation sites (tertiary alicyclic amines) is 1. The van der Waals surface area contributed by atoms with Gasteiger partial charge in [-0.05, 0) is 0 Å². The second kappa shape index (κ2) is 8.81. The minimum atomic E-state index is -1.33. The quantitative estimate of drug-likeness (QED) is 0.298. The molecule has 0 aromatic heterocycles. The Balaban J connectivity index is 2.44. The summed E-state index contributed by atoms with van der Waals surface area (Å²) in [5.41, 5.74) is 0. The molecule has 126 valence electrons. The van der Waals surface area contributed by atoms with E-state index in [-0.39, 0.29) is 19.7 Å². The Labute approximate surface area is 127 Å². The van der Waals surface area contributed by atoms with E-state index < -0.39 is 42.9 Å². The molecule has 0 aromatic rings. The van der Waals surface area contributed by atoms with E-state index >= 15 is 0 Å². The fraction of sp³-hybridized carbons (Fsp3) is 0.692. The number of nitrogens with zero attached hydrogens (tertiary/aromatic N) is 1. The monoisotopic (exact) mass is 319 g/mol. The molecule has 0 aliphatic carbocycles. The van der Waals surface area contributed by atoms with Crippen molar-refractivity contribution >= 4 is 11.9 Å². The second-order valence-electron chi connectivity index (χ2n) is 4.82. The molecule has 1 aliphatic heterocycles. The van der Waals surface area contributed by atoms with Crippen molar-refractivity contribution in [2.75, 3.05) is 33.4 Å². The van der Waals surface area contributed by atoms with Gasteiger partial charge in [0.15, 0.2) is 0 Å². The van der Waals surface area contributed by atoms with E-state index in [1.807, 2.05) is 0 Å². The molecule has 0 amide bonds. The molecule has 9 heteroatoms. The number of ether oxygens (including phenoxy) is 2. The van der Waals surface area contributed by atoms with Crippen molar-refractivity contribution in [2.45, 2.75) is 24.4 Å². The van der Waals surface area contributed by atoms with Gasteiger partial charge >= 0.3 is 11.9 Å². The zero-order valence-corrected chi connectivity index (χ0v) is 12.2. The van der Waals surface area contributed by atoms with Crippen molar-refractivity contribution in [3.63, 3.8) is 0 Å². The van der Waals surface area contributed by atoms with Crippen LogP contribution in [0.4, 0.5) is 0 Å². The summed E-state index contributed by atoms with van der Waals surface area (Å²) in [6, 6.07) is -0.761. The number of aliphatic hydroxyl groups is 4. The first-order valence-corrected chi connectivity index (χ1v) is 6.72. The molecule has 0 bridgehead atoms. The standard InChI is InChI=1S/C13H21NO8/c1-21-10(17)2-3-11(18)22-5-4-14-6-9(16)13(20)12(19)8(14)7-15/h2-3,8-9,12-13,15-16,19-20H,4-7H2,1H3/b3-2+/t8-,9+,12-,13-/m1/s1. The number of aliphatic hydroxyl groups excluding tert-OH is 4. The minimum Gasteiger partial charge on any atom is -0.466 e. The first-order valence-electron chi connectivity index (χ1n) is 6.72. The molecule has 0 aromatic carbocycles. The fourth-order valence-corrected chi connectivity index (χ4v) is 2.15. The number of hydrogen-bond donors (Lipinski definition) is 4. The number of esters is 2. The van der Waals surface area contributed by atoms with Crippen LogP contribution in [0.5, 0.6) is 0 Å². The summed E-state index contributed by atoms with van der Waals surface area (Å²) in [6.07, 6.45) is -1.96. The zero-order chi connectivity index (χ0) is 16.7. The number of piperidine rings is 1. The van der Waals surface area contributed by atoms with Gasteiger partial charge in [0.2, 0.25) is 0 Å². The molecule has 0 unspecified atom stereocenters. The van der Waals surface area contributed by atoms with Crippen molar-refractivity contribution in [2.24, 2.45) is 0 Å². The maximum atomic E-state index is 11.3. The van der Waals surface area contributed by atoms with Crippen molar-refractivity contribution in [1.82, 2.24) is 4.90 Å². The van der Waals surface area contributed by atoms with E-state index in [1.54, 1.807) is 0 Å². The van der Waals surface area contributed by atoms with E-state index in [1.165, 1.54) is 12.0 Å². The summed E-state index contributed by atoms with van der Waals surface area (Å²) in [5, 5.41) is 38.2. The van der Waals surface area contributed by atoms with Crippen LogP contribution < -0.4 is 0 Å². The summed E-state index contributed by atoms with van der Waals surface area (Å²) >= 11 is 0. The lowest BCUT2D eigenvalue weighted by atomic mass is 9.94. The first-order chi connectivity index (χ1) is 10.4. The highest BCUT2D eigenvalue weighted by atomic mass is 16.5. The number of methoxy groups -OCH3 is 1. The maximum absolute atomic E-state index is 11.3. The molecule has 0 spiro atoms. The zero-order valence-electron chi connectivity index (χ0n) is 12.2. The third-order valence-corrected chi connectivity index (χ3v) is 3.40. The van der Waals surface area contributed by atoms with Gasteiger partial charge in [0.1, 0.15) is 18.8 Å². The number of carbonyl (C=O) groups is 2. The molecule has 4 atom stereocenters. The minimum absolute atomic E-state index is 0.0268. The smallest absolute Gasteiger partial charge is 0.331 e. The number of rotatable bonds is 6. The van der Waals surface area contributed by atoms with E-state index in [4.69, 9.17) is 4.74 Å². The van der Waals surface area contributed by atoms with Crippen LogP contribution in [0.1, 0.15) is 0 Å². The van der Waals surface area contributed by atoms with Gasteiger partial charge in [-0.15, -0.1) is 0 Å². The van der Waals surface area contributed by atoms with Crippen molar-refractivity contribution in [3.05, 3.63) is 12.2 Å². The van der Waals surface area contributed by atoms with Gasteiger partial charge in [0.05, 0.1) is 25.9 Å². The fourth-order valence-electron chi connectivity index (χ4n) is 2.15. The number of β-amino-alcohol motifs (C(OH)–C–C–N with tert-alkyl or cyclic N) is 1. The largest absolute Gasteiger partial charge is 0.466 e. The summed E-state index contributed by atoms with van der Waals surface area (Å²) in [7, 11) is 1.18. The van der Waals surface area contributed by atoms with Gasteiger partial charge in [0.25, 0.3) is 0 Å². The van der Waals surface area contributed by atoms with Crippen molar-refractivity contribution < 1.29 is 39.5 Å². The molecular formula is C13H21NO8. The van der Waals surface area contributed by atoms with Gasteiger partial charge in [-0.2, -0.15) is 0 Å². The molecule has 1 rings (SSSR count). The lowest BCUT2D eigenvalue weighted by Gasteiger charge is -2.42. The van der Waals surface area contributed by atoms with E-state index in [9.17, 15) is 30.0 Å². The lowest BCUT2D eigenvalue weighted by Crippen LogP contribution is -2.62. The predicted octanol–water partition coefficient (Wildman–Crippen LogP) is -2.98. The normalized spacial score (nSPS) is 29.5. The Morgan fingerprint density at radius 2 is 1.82 bits per heavy atom. The number of hydrogen-bond acceptors (Lipinski definition) is 9. The van der Waals surface area contributed by atoms with Crippen LogP contribution in [0.25, 0.3) is 0 Å². The molecule has 1 saturated heterocycles. The van der Waals surface area contributed by atoms with Crippen molar-refractivity contribution in [3.8, 4) is 0 Å². The Morgan fingerprint density at radius 1 is 1.18 bits per heavy atom. The average Bonchev–Trinajstić information content (AvgIpc) is 2.50. The van der Waals surface area contributed by atoms with Crippen molar-refractivity contribution in [1.29, 1.82) is 0 Å². The summed E-state index contributed by atoms with van der Waals surface area (Å²) in [6.45, 7) is -0.319. The Kier molecular flexibility index (Phi) is 7.42. The van der Waals surface area contributed by atoms with Crippen LogP contribution in [0.2, 0.25) is 0 Å². The lowest BCUT2D eigenvalue weighted by molar-refractivity contribution is -0.152. The van der Waals surface area contributed by atoms with E-state index in [0.717, 1.165) is 12.2 Å². The topological polar surface area (TPSA) is 137 Å². The van der Waals surface area contributed by atoms with Crippen LogP contribution in [-0.2, 0) is 19.1 Å². The Hall–Kier alpha value is -1.52. The summed E-state index contributed by atoms with van der Waals surface area (Å²) in [5.74, 6) is -1.43. The van der Waals surface area contributed by atoms with Crippen LogP contribution in [0, 0.1) is 0 Å². The molecule has 0 radical (unpaired) electrons.